The average molecular weight is 203 g/mol. The van der Waals surface area contributed by atoms with Gasteiger partial charge in [0.25, 0.3) is 0 Å². The molecule has 0 aliphatic carbocycles. The molecule has 2 rings (SSSR count). The van der Waals surface area contributed by atoms with E-state index < -0.39 is 0 Å². The summed E-state index contributed by atoms with van der Waals surface area (Å²) in [6.07, 6.45) is 3.94. The molecule has 0 bridgehead atoms. The molecule has 5 heteroatoms. The molecule has 0 radical (unpaired) electrons. The van der Waals surface area contributed by atoms with E-state index in [1.54, 1.807) is 24.5 Å². The zero-order valence-corrected chi connectivity index (χ0v) is 7.87. The second kappa shape index (κ2) is 3.91. The van der Waals surface area contributed by atoms with Gasteiger partial charge in [-0.25, -0.2) is 0 Å². The summed E-state index contributed by atoms with van der Waals surface area (Å²) < 4.78 is 1.37. The van der Waals surface area contributed by atoms with E-state index in [2.05, 4.69) is 10.1 Å². The third-order valence-corrected chi connectivity index (χ3v) is 1.94. The van der Waals surface area contributed by atoms with Gasteiger partial charge in [-0.2, -0.15) is 0 Å². The van der Waals surface area contributed by atoms with Crippen molar-refractivity contribution in [1.29, 1.82) is 0 Å². The maximum Gasteiger partial charge on any atom is 0.239 e. The van der Waals surface area contributed by atoms with E-state index in [4.69, 9.17) is 0 Å². The zero-order chi connectivity index (χ0) is 10.7. The van der Waals surface area contributed by atoms with Gasteiger partial charge in [-0.05, 0) is 12.1 Å². The minimum atomic E-state index is -0.115. The van der Waals surface area contributed by atoms with E-state index in [0.717, 1.165) is 0 Å². The van der Waals surface area contributed by atoms with Gasteiger partial charge < -0.3 is 9.90 Å². The summed E-state index contributed by atoms with van der Waals surface area (Å²) in [5, 5.41) is 13.3. The molecule has 0 spiro atoms. The van der Waals surface area contributed by atoms with E-state index in [0.29, 0.717) is 17.5 Å². The van der Waals surface area contributed by atoms with Crippen molar-refractivity contribution in [1.82, 2.24) is 14.8 Å². The number of hydrogen-bond donors (Lipinski definition) is 1. The number of nitrogens with zero attached hydrogens (tertiary/aromatic N) is 3. The number of aldehydes is 1. The van der Waals surface area contributed by atoms with Gasteiger partial charge in [-0.15, -0.1) is 5.10 Å². The molecular weight excluding hydrogens is 194 g/mol. The van der Waals surface area contributed by atoms with Crippen LogP contribution in [0.4, 0.5) is 0 Å². The van der Waals surface area contributed by atoms with Gasteiger partial charge in [0.2, 0.25) is 5.88 Å². The lowest BCUT2D eigenvalue weighted by atomic mass is 10.2. The number of hydrogen-bond acceptors (Lipinski definition) is 4. The Balaban J connectivity index is 2.40. The van der Waals surface area contributed by atoms with Crippen molar-refractivity contribution in [2.24, 2.45) is 0 Å². The number of carbonyl (C=O) groups is 1. The Morgan fingerprint density at radius 2 is 2.33 bits per heavy atom. The highest BCUT2D eigenvalue weighted by Gasteiger charge is 2.09. The number of aromatic nitrogens is 3. The van der Waals surface area contributed by atoms with Crippen LogP contribution in [0.1, 0.15) is 0 Å². The van der Waals surface area contributed by atoms with Crippen LogP contribution in [0.2, 0.25) is 0 Å². The summed E-state index contributed by atoms with van der Waals surface area (Å²) in [6.45, 7) is 0.125. The summed E-state index contributed by atoms with van der Waals surface area (Å²) in [7, 11) is 0. The van der Waals surface area contributed by atoms with Gasteiger partial charge >= 0.3 is 0 Å². The molecule has 0 fully saturated rings. The van der Waals surface area contributed by atoms with Crippen LogP contribution in [0.15, 0.2) is 30.6 Å². The minimum absolute atomic E-state index is 0.115. The Morgan fingerprint density at radius 1 is 1.47 bits per heavy atom. The molecule has 0 amide bonds. The largest absolute Gasteiger partial charge is 0.492 e. The van der Waals surface area contributed by atoms with Crippen LogP contribution in [-0.4, -0.2) is 26.2 Å². The molecule has 0 aliphatic rings. The van der Waals surface area contributed by atoms with Crippen molar-refractivity contribution in [2.75, 3.05) is 0 Å². The fraction of sp³-hybridized carbons (Fsp3) is 0.100. The molecule has 0 saturated carbocycles. The SMILES string of the molecule is O=CCn1cc(-c2ccccn2)c(O)n1. The fourth-order valence-electron chi connectivity index (χ4n) is 1.28. The summed E-state index contributed by atoms with van der Waals surface area (Å²) in [4.78, 5) is 14.4. The van der Waals surface area contributed by atoms with E-state index in [-0.39, 0.29) is 12.4 Å². The van der Waals surface area contributed by atoms with Crippen molar-refractivity contribution >= 4 is 6.29 Å². The van der Waals surface area contributed by atoms with Gasteiger partial charge in [-0.3, -0.25) is 9.67 Å². The zero-order valence-electron chi connectivity index (χ0n) is 7.87. The van der Waals surface area contributed by atoms with Crippen LogP contribution < -0.4 is 0 Å². The normalized spacial score (nSPS) is 10.1. The van der Waals surface area contributed by atoms with Crippen LogP contribution in [0.5, 0.6) is 5.88 Å². The molecule has 2 heterocycles. The molecule has 0 saturated heterocycles. The first-order valence-corrected chi connectivity index (χ1v) is 4.42. The molecule has 0 atom stereocenters. The first kappa shape index (κ1) is 9.39. The summed E-state index contributed by atoms with van der Waals surface area (Å²) in [5.41, 5.74) is 1.16. The van der Waals surface area contributed by atoms with Crippen LogP contribution in [0.25, 0.3) is 11.3 Å². The quantitative estimate of drug-likeness (QED) is 0.751. The van der Waals surface area contributed by atoms with Crippen LogP contribution in [0, 0.1) is 0 Å². The molecule has 2 aromatic heterocycles. The number of carbonyl (C=O) groups excluding carboxylic acids is 1. The smallest absolute Gasteiger partial charge is 0.239 e. The standard InChI is InChI=1S/C10H9N3O2/c14-6-5-13-7-8(10(15)12-13)9-3-1-2-4-11-9/h1-4,6-7H,5H2,(H,12,15). The number of rotatable bonds is 3. The topological polar surface area (TPSA) is 68.0 Å². The van der Waals surface area contributed by atoms with Crippen molar-refractivity contribution in [3.8, 4) is 17.1 Å². The van der Waals surface area contributed by atoms with E-state index in [1.807, 2.05) is 6.07 Å². The third-order valence-electron chi connectivity index (χ3n) is 1.94. The van der Waals surface area contributed by atoms with Gasteiger partial charge in [0, 0.05) is 12.4 Å². The summed E-state index contributed by atoms with van der Waals surface area (Å²) in [6, 6.07) is 5.37. The van der Waals surface area contributed by atoms with Crippen molar-refractivity contribution in [3.63, 3.8) is 0 Å². The van der Waals surface area contributed by atoms with E-state index in [9.17, 15) is 9.90 Å². The van der Waals surface area contributed by atoms with E-state index >= 15 is 0 Å². The van der Waals surface area contributed by atoms with E-state index in [1.165, 1.54) is 4.68 Å². The molecular formula is C10H9N3O2. The first-order valence-electron chi connectivity index (χ1n) is 4.42. The highest BCUT2D eigenvalue weighted by Crippen LogP contribution is 2.25. The fourth-order valence-corrected chi connectivity index (χ4v) is 1.28. The van der Waals surface area contributed by atoms with Gasteiger partial charge in [0.1, 0.15) is 6.29 Å². The Hall–Kier alpha value is -2.17. The molecule has 2 aromatic rings. The molecule has 15 heavy (non-hydrogen) atoms. The highest BCUT2D eigenvalue weighted by molar-refractivity contribution is 5.63. The maximum atomic E-state index is 10.3. The second-order valence-electron chi connectivity index (χ2n) is 2.97. The van der Waals surface area contributed by atoms with Crippen LogP contribution in [-0.2, 0) is 11.3 Å². The molecule has 5 nitrogen and oxygen atoms in total. The second-order valence-corrected chi connectivity index (χ2v) is 2.97. The Morgan fingerprint density at radius 3 is 3.00 bits per heavy atom. The van der Waals surface area contributed by atoms with Crippen LogP contribution in [0.3, 0.4) is 0 Å². The molecule has 0 aromatic carbocycles. The molecule has 0 aliphatic heterocycles. The molecule has 76 valence electrons. The van der Waals surface area contributed by atoms with Crippen LogP contribution >= 0.6 is 0 Å². The Labute approximate surface area is 86.0 Å². The Kier molecular flexibility index (Phi) is 2.45. The predicted molar refractivity (Wildman–Crippen MR) is 53.2 cm³/mol. The lowest BCUT2D eigenvalue weighted by Gasteiger charge is -1.94. The maximum absolute atomic E-state index is 10.3. The molecule has 1 N–H and O–H groups in total. The van der Waals surface area contributed by atoms with Gasteiger partial charge in [0.15, 0.2) is 0 Å². The van der Waals surface area contributed by atoms with Gasteiger partial charge in [-0.1, -0.05) is 6.07 Å². The molecule has 0 unspecified atom stereocenters. The highest BCUT2D eigenvalue weighted by atomic mass is 16.3. The lowest BCUT2D eigenvalue weighted by Crippen LogP contribution is -1.98. The minimum Gasteiger partial charge on any atom is -0.492 e. The third kappa shape index (κ3) is 1.85. The van der Waals surface area contributed by atoms with Gasteiger partial charge in [0.05, 0.1) is 17.8 Å². The van der Waals surface area contributed by atoms with Crippen molar-refractivity contribution < 1.29 is 9.90 Å². The van der Waals surface area contributed by atoms with Crippen molar-refractivity contribution in [2.45, 2.75) is 6.54 Å². The van der Waals surface area contributed by atoms with Crippen molar-refractivity contribution in [3.05, 3.63) is 30.6 Å². The average Bonchev–Trinajstić information content (AvgIpc) is 2.61. The number of pyridine rings is 1. The monoisotopic (exact) mass is 203 g/mol. The number of aromatic hydroxyl groups is 1. The summed E-state index contributed by atoms with van der Waals surface area (Å²) >= 11 is 0. The Bertz CT molecular complexity index is 465. The predicted octanol–water partition coefficient (Wildman–Crippen LogP) is 0.850. The summed E-state index contributed by atoms with van der Waals surface area (Å²) in [5.74, 6) is -0.115. The first-order chi connectivity index (χ1) is 7.31. The lowest BCUT2D eigenvalue weighted by molar-refractivity contribution is -0.108.